The maximum absolute atomic E-state index is 10.9. The third-order valence-electron chi connectivity index (χ3n) is 2.05. The van der Waals surface area contributed by atoms with Crippen LogP contribution in [0, 0.1) is 20.8 Å². The molecule has 0 saturated carbocycles. The van der Waals surface area contributed by atoms with Crippen LogP contribution in [0.4, 0.5) is 0 Å². The molecule has 1 aromatic carbocycles. The molecule has 0 amide bonds. The van der Waals surface area contributed by atoms with Crippen molar-refractivity contribution in [1.29, 1.82) is 0 Å². The summed E-state index contributed by atoms with van der Waals surface area (Å²) < 4.78 is 19.9. The third kappa shape index (κ3) is 1.57. The molecule has 0 aliphatic carbocycles. The minimum Gasteiger partial charge on any atom is -0.302 e. The molecule has 0 saturated heterocycles. The average molecular weight is 184 g/mol. The molecule has 0 spiro atoms. The Bertz CT molecular complexity index is 332. The van der Waals surface area contributed by atoms with Gasteiger partial charge in [-0.1, -0.05) is 12.1 Å². The van der Waals surface area contributed by atoms with Gasteiger partial charge in [0, 0.05) is 0 Å². The van der Waals surface area contributed by atoms with E-state index < -0.39 is 11.1 Å². The molecule has 1 N–H and O–H groups in total. The van der Waals surface area contributed by atoms with E-state index in [0.29, 0.717) is 4.90 Å². The predicted octanol–water partition coefficient (Wildman–Crippen LogP) is 2.19. The maximum atomic E-state index is 10.9. The molecule has 0 heterocycles. The molecule has 1 rings (SSSR count). The van der Waals surface area contributed by atoms with Gasteiger partial charge in [-0.25, -0.2) is 4.21 Å². The van der Waals surface area contributed by atoms with Crippen LogP contribution in [-0.2, 0) is 11.1 Å². The van der Waals surface area contributed by atoms with Gasteiger partial charge < -0.3 is 4.55 Å². The highest BCUT2D eigenvalue weighted by Crippen LogP contribution is 2.19. The largest absolute Gasteiger partial charge is 0.302 e. The lowest BCUT2D eigenvalue weighted by atomic mass is 10.1. The Labute approximate surface area is 74.9 Å². The average Bonchev–Trinajstić information content (AvgIpc) is 1.97. The first kappa shape index (κ1) is 9.42. The van der Waals surface area contributed by atoms with Gasteiger partial charge in [0.15, 0.2) is 11.1 Å². The molecule has 12 heavy (non-hydrogen) atoms. The molecular formula is C9H12O2S. The molecule has 3 heteroatoms. The summed E-state index contributed by atoms with van der Waals surface area (Å²) in [6.07, 6.45) is 0. The lowest BCUT2D eigenvalue weighted by molar-refractivity contribution is 0.563. The second-order valence-electron chi connectivity index (χ2n) is 2.90. The van der Waals surface area contributed by atoms with Crippen molar-refractivity contribution < 1.29 is 8.76 Å². The zero-order valence-electron chi connectivity index (χ0n) is 7.42. The summed E-state index contributed by atoms with van der Waals surface area (Å²) in [5.41, 5.74) is 2.84. The van der Waals surface area contributed by atoms with Gasteiger partial charge in [0.2, 0.25) is 0 Å². The van der Waals surface area contributed by atoms with E-state index in [1.165, 1.54) is 0 Å². The van der Waals surface area contributed by atoms with Crippen molar-refractivity contribution in [1.82, 2.24) is 0 Å². The van der Waals surface area contributed by atoms with Crippen molar-refractivity contribution in [2.45, 2.75) is 25.7 Å². The minimum absolute atomic E-state index is 0.551. The standard InChI is InChI=1S/C9H12O2S/c1-6-4-5-7(2)9(8(6)3)12(10)11/h4-5H,1-3H3,(H,10,11). The van der Waals surface area contributed by atoms with Gasteiger partial charge in [0.1, 0.15) is 0 Å². The normalized spacial score (nSPS) is 13.0. The maximum Gasteiger partial charge on any atom is 0.187 e. The van der Waals surface area contributed by atoms with Crippen LogP contribution in [-0.4, -0.2) is 8.76 Å². The second kappa shape index (κ2) is 3.37. The molecular weight excluding hydrogens is 172 g/mol. The smallest absolute Gasteiger partial charge is 0.187 e. The summed E-state index contributed by atoms with van der Waals surface area (Å²) in [5, 5.41) is 0. The zero-order chi connectivity index (χ0) is 9.30. The Morgan fingerprint density at radius 3 is 2.08 bits per heavy atom. The fourth-order valence-electron chi connectivity index (χ4n) is 1.19. The quantitative estimate of drug-likeness (QED) is 0.679. The zero-order valence-corrected chi connectivity index (χ0v) is 8.23. The molecule has 1 unspecified atom stereocenters. The summed E-state index contributed by atoms with van der Waals surface area (Å²) >= 11 is -1.86. The molecule has 1 atom stereocenters. The van der Waals surface area contributed by atoms with E-state index in [-0.39, 0.29) is 0 Å². The van der Waals surface area contributed by atoms with Crippen molar-refractivity contribution in [3.05, 3.63) is 28.8 Å². The second-order valence-corrected chi connectivity index (χ2v) is 3.81. The van der Waals surface area contributed by atoms with Gasteiger partial charge in [0.25, 0.3) is 0 Å². The van der Waals surface area contributed by atoms with E-state index in [4.69, 9.17) is 4.55 Å². The number of hydrogen-bond donors (Lipinski definition) is 1. The van der Waals surface area contributed by atoms with E-state index in [9.17, 15) is 4.21 Å². The molecule has 0 aromatic heterocycles. The highest BCUT2D eigenvalue weighted by Gasteiger charge is 2.09. The van der Waals surface area contributed by atoms with Crippen molar-refractivity contribution in [3.63, 3.8) is 0 Å². The highest BCUT2D eigenvalue weighted by atomic mass is 32.2. The van der Waals surface area contributed by atoms with Crippen molar-refractivity contribution >= 4 is 11.1 Å². The minimum atomic E-state index is -1.86. The van der Waals surface area contributed by atoms with Gasteiger partial charge in [-0.2, -0.15) is 0 Å². The topological polar surface area (TPSA) is 37.3 Å². The Hall–Kier alpha value is -0.670. The third-order valence-corrected chi connectivity index (χ3v) is 3.03. The summed E-state index contributed by atoms with van der Waals surface area (Å²) in [5.74, 6) is 0. The lowest BCUT2D eigenvalue weighted by Crippen LogP contribution is -1.98. The first-order valence-electron chi connectivity index (χ1n) is 3.71. The van der Waals surface area contributed by atoms with E-state index in [1.54, 1.807) is 0 Å². The molecule has 66 valence electrons. The lowest BCUT2D eigenvalue weighted by Gasteiger charge is -2.07. The number of benzene rings is 1. The van der Waals surface area contributed by atoms with E-state index in [2.05, 4.69) is 0 Å². The summed E-state index contributed by atoms with van der Waals surface area (Å²) in [6, 6.07) is 3.83. The SMILES string of the molecule is Cc1ccc(C)c(S(=O)O)c1C. The first-order chi connectivity index (χ1) is 5.54. The van der Waals surface area contributed by atoms with Crippen LogP contribution in [0.3, 0.4) is 0 Å². The van der Waals surface area contributed by atoms with Gasteiger partial charge >= 0.3 is 0 Å². The van der Waals surface area contributed by atoms with Crippen molar-refractivity contribution in [3.8, 4) is 0 Å². The number of hydrogen-bond acceptors (Lipinski definition) is 1. The number of rotatable bonds is 1. The van der Waals surface area contributed by atoms with E-state index in [0.717, 1.165) is 16.7 Å². The summed E-state index contributed by atoms with van der Waals surface area (Å²) in [4.78, 5) is 0.551. The van der Waals surface area contributed by atoms with Gasteiger partial charge in [0.05, 0.1) is 4.90 Å². The van der Waals surface area contributed by atoms with Gasteiger partial charge in [-0.3, -0.25) is 0 Å². The van der Waals surface area contributed by atoms with Crippen LogP contribution in [0.5, 0.6) is 0 Å². The van der Waals surface area contributed by atoms with Gasteiger partial charge in [-0.15, -0.1) is 0 Å². The van der Waals surface area contributed by atoms with Crippen LogP contribution in [0.2, 0.25) is 0 Å². The monoisotopic (exact) mass is 184 g/mol. The molecule has 0 fully saturated rings. The first-order valence-corrected chi connectivity index (χ1v) is 4.82. The van der Waals surface area contributed by atoms with Crippen LogP contribution in [0.15, 0.2) is 17.0 Å². The van der Waals surface area contributed by atoms with E-state index >= 15 is 0 Å². The van der Waals surface area contributed by atoms with Crippen LogP contribution >= 0.6 is 0 Å². The van der Waals surface area contributed by atoms with E-state index in [1.807, 2.05) is 32.9 Å². The Kier molecular flexibility index (Phi) is 2.65. The fraction of sp³-hybridized carbons (Fsp3) is 0.333. The highest BCUT2D eigenvalue weighted by molar-refractivity contribution is 7.79. The van der Waals surface area contributed by atoms with Crippen LogP contribution < -0.4 is 0 Å². The Balaban J connectivity index is 3.43. The predicted molar refractivity (Wildman–Crippen MR) is 49.7 cm³/mol. The summed E-state index contributed by atoms with van der Waals surface area (Å²) in [7, 11) is 0. The van der Waals surface area contributed by atoms with Crippen molar-refractivity contribution in [2.75, 3.05) is 0 Å². The molecule has 0 aliphatic heterocycles. The number of aryl methyl sites for hydroxylation is 2. The Morgan fingerprint density at radius 1 is 1.17 bits per heavy atom. The fourth-order valence-corrected chi connectivity index (χ4v) is 1.96. The summed E-state index contributed by atoms with van der Waals surface area (Å²) in [6.45, 7) is 5.65. The molecule has 0 aliphatic rings. The molecule has 1 aromatic rings. The van der Waals surface area contributed by atoms with Crippen molar-refractivity contribution in [2.24, 2.45) is 0 Å². The van der Waals surface area contributed by atoms with Gasteiger partial charge in [-0.05, 0) is 37.5 Å². The molecule has 0 radical (unpaired) electrons. The van der Waals surface area contributed by atoms with Crippen LogP contribution in [0.1, 0.15) is 16.7 Å². The van der Waals surface area contributed by atoms with Crippen LogP contribution in [0.25, 0.3) is 0 Å². The molecule has 2 nitrogen and oxygen atoms in total. The Morgan fingerprint density at radius 2 is 1.67 bits per heavy atom. The molecule has 0 bridgehead atoms.